The number of likely N-dealkylation sites (tertiary alicyclic amines) is 1. The quantitative estimate of drug-likeness (QED) is 0.833. The lowest BCUT2D eigenvalue weighted by atomic mass is 9.81. The maximum Gasteiger partial charge on any atom is 0.223 e. The van der Waals surface area contributed by atoms with Crippen LogP contribution in [0.3, 0.4) is 0 Å². The highest BCUT2D eigenvalue weighted by Gasteiger charge is 2.35. The fourth-order valence-corrected chi connectivity index (χ4v) is 2.19. The van der Waals surface area contributed by atoms with Crippen molar-refractivity contribution in [2.45, 2.75) is 33.1 Å². The average molecular weight is 260 g/mol. The van der Waals surface area contributed by atoms with Crippen LogP contribution in [0.25, 0.3) is 0 Å². The van der Waals surface area contributed by atoms with Gasteiger partial charge in [-0.25, -0.2) is 0 Å². The minimum Gasteiger partial charge on any atom is -0.335 e. The minimum atomic E-state index is -0.278. The highest BCUT2D eigenvalue weighted by atomic mass is 16.2. The van der Waals surface area contributed by atoms with E-state index in [0.29, 0.717) is 19.4 Å². The predicted molar refractivity (Wildman–Crippen MR) is 72.5 cm³/mol. The Balaban J connectivity index is 1.86. The summed E-state index contributed by atoms with van der Waals surface area (Å²) in [6.45, 7) is 4.85. The summed E-state index contributed by atoms with van der Waals surface area (Å²) in [7, 11) is 0. The topological polar surface area (TPSA) is 50.3 Å². The third kappa shape index (κ3) is 3.40. The van der Waals surface area contributed by atoms with E-state index in [1.807, 2.05) is 26.0 Å². The zero-order valence-electron chi connectivity index (χ0n) is 11.6. The predicted octanol–water partition coefficient (Wildman–Crippen LogP) is 1.84. The van der Waals surface area contributed by atoms with Gasteiger partial charge >= 0.3 is 0 Å². The van der Waals surface area contributed by atoms with E-state index in [4.69, 9.17) is 0 Å². The van der Waals surface area contributed by atoms with Crippen molar-refractivity contribution in [1.29, 1.82) is 0 Å². The van der Waals surface area contributed by atoms with Crippen LogP contribution in [0.5, 0.6) is 0 Å². The molecule has 1 saturated heterocycles. The molecule has 0 N–H and O–H groups in total. The van der Waals surface area contributed by atoms with Crippen LogP contribution < -0.4 is 0 Å². The molecular formula is C15H20N2O2. The summed E-state index contributed by atoms with van der Waals surface area (Å²) >= 11 is 0. The zero-order valence-corrected chi connectivity index (χ0v) is 11.6. The molecule has 0 bridgehead atoms. The van der Waals surface area contributed by atoms with E-state index in [-0.39, 0.29) is 23.7 Å². The van der Waals surface area contributed by atoms with Gasteiger partial charge in [0, 0.05) is 30.8 Å². The number of carbonyl (C=O) groups excluding carboxylic acids is 2. The molecule has 2 heterocycles. The number of ketones is 1. The van der Waals surface area contributed by atoms with Crippen molar-refractivity contribution in [3.05, 3.63) is 30.1 Å². The molecule has 0 aliphatic carbocycles. The lowest BCUT2D eigenvalue weighted by molar-refractivity contribution is -0.142. The van der Waals surface area contributed by atoms with Gasteiger partial charge in [-0.05, 0) is 24.5 Å². The van der Waals surface area contributed by atoms with E-state index in [0.717, 1.165) is 12.0 Å². The second-order valence-electron chi connectivity index (χ2n) is 5.73. The van der Waals surface area contributed by atoms with Crippen LogP contribution in [-0.4, -0.2) is 34.7 Å². The smallest absolute Gasteiger partial charge is 0.223 e. The van der Waals surface area contributed by atoms with Gasteiger partial charge < -0.3 is 4.90 Å². The molecule has 1 aromatic heterocycles. The molecule has 2 rings (SSSR count). The second kappa shape index (κ2) is 5.51. The monoisotopic (exact) mass is 260 g/mol. The van der Waals surface area contributed by atoms with Crippen molar-refractivity contribution >= 4 is 11.7 Å². The van der Waals surface area contributed by atoms with Crippen LogP contribution in [0.15, 0.2) is 24.5 Å². The number of aryl methyl sites for hydroxylation is 1. The van der Waals surface area contributed by atoms with E-state index in [9.17, 15) is 9.59 Å². The highest BCUT2D eigenvalue weighted by Crippen LogP contribution is 2.27. The number of aromatic nitrogens is 1. The molecule has 1 amide bonds. The van der Waals surface area contributed by atoms with Crippen molar-refractivity contribution < 1.29 is 9.59 Å². The third-order valence-corrected chi connectivity index (χ3v) is 3.80. The fraction of sp³-hybridized carbons (Fsp3) is 0.533. The molecule has 0 aromatic carbocycles. The number of piperidine rings is 1. The number of rotatable bonds is 3. The van der Waals surface area contributed by atoms with Gasteiger partial charge in [-0.3, -0.25) is 14.6 Å². The Kier molecular flexibility index (Phi) is 3.98. The molecule has 1 aliphatic rings. The van der Waals surface area contributed by atoms with Gasteiger partial charge in [0.05, 0.1) is 6.54 Å². The first-order valence-corrected chi connectivity index (χ1v) is 6.69. The first-order chi connectivity index (χ1) is 8.99. The Morgan fingerprint density at radius 1 is 1.47 bits per heavy atom. The van der Waals surface area contributed by atoms with Gasteiger partial charge in [0.2, 0.25) is 5.91 Å². The van der Waals surface area contributed by atoms with Crippen molar-refractivity contribution in [3.8, 4) is 0 Å². The summed E-state index contributed by atoms with van der Waals surface area (Å²) in [4.78, 5) is 29.7. The maximum absolute atomic E-state index is 12.1. The van der Waals surface area contributed by atoms with Crippen LogP contribution in [0.1, 0.15) is 32.3 Å². The highest BCUT2D eigenvalue weighted by molar-refractivity contribution is 5.90. The molecule has 0 atom stereocenters. The van der Waals surface area contributed by atoms with Gasteiger partial charge in [-0.15, -0.1) is 0 Å². The zero-order chi connectivity index (χ0) is 13.9. The summed E-state index contributed by atoms with van der Waals surface area (Å²) in [5, 5.41) is 0. The largest absolute Gasteiger partial charge is 0.335 e. The molecule has 0 unspecified atom stereocenters. The summed E-state index contributed by atoms with van der Waals surface area (Å²) < 4.78 is 0. The molecule has 0 radical (unpaired) electrons. The third-order valence-electron chi connectivity index (χ3n) is 3.80. The number of amides is 1. The van der Waals surface area contributed by atoms with Crippen LogP contribution in [0.4, 0.5) is 0 Å². The molecule has 4 heteroatoms. The maximum atomic E-state index is 12.1. The van der Waals surface area contributed by atoms with E-state index in [1.165, 1.54) is 0 Å². The van der Waals surface area contributed by atoms with Crippen LogP contribution >= 0.6 is 0 Å². The molecule has 0 spiro atoms. The SMILES string of the molecule is CC1(C)CCN(C(=O)CCc2cccnc2)CC1=O. The van der Waals surface area contributed by atoms with E-state index < -0.39 is 0 Å². The Labute approximate surface area is 113 Å². The molecule has 4 nitrogen and oxygen atoms in total. The lowest BCUT2D eigenvalue weighted by Gasteiger charge is -2.35. The second-order valence-corrected chi connectivity index (χ2v) is 5.73. The number of pyridine rings is 1. The van der Waals surface area contributed by atoms with Gasteiger partial charge in [0.1, 0.15) is 0 Å². The normalized spacial score (nSPS) is 18.4. The van der Waals surface area contributed by atoms with Crippen LogP contribution in [0.2, 0.25) is 0 Å². The van der Waals surface area contributed by atoms with Crippen molar-refractivity contribution in [1.82, 2.24) is 9.88 Å². The first-order valence-electron chi connectivity index (χ1n) is 6.69. The fourth-order valence-electron chi connectivity index (χ4n) is 2.19. The summed E-state index contributed by atoms with van der Waals surface area (Å²) in [5.41, 5.74) is 0.777. The number of carbonyl (C=O) groups is 2. The molecule has 102 valence electrons. The number of hydrogen-bond acceptors (Lipinski definition) is 3. The Morgan fingerprint density at radius 2 is 2.26 bits per heavy atom. The number of hydrogen-bond donors (Lipinski definition) is 0. The van der Waals surface area contributed by atoms with E-state index in [2.05, 4.69) is 4.98 Å². The first kappa shape index (κ1) is 13.7. The van der Waals surface area contributed by atoms with Crippen LogP contribution in [-0.2, 0) is 16.0 Å². The lowest BCUT2D eigenvalue weighted by Crippen LogP contribution is -2.47. The Bertz CT molecular complexity index is 468. The summed E-state index contributed by atoms with van der Waals surface area (Å²) in [5.74, 6) is 0.223. The van der Waals surface area contributed by atoms with Crippen molar-refractivity contribution in [2.75, 3.05) is 13.1 Å². The van der Waals surface area contributed by atoms with Gasteiger partial charge in [0.25, 0.3) is 0 Å². The molecular weight excluding hydrogens is 240 g/mol. The molecule has 1 aliphatic heterocycles. The minimum absolute atomic E-state index is 0.0627. The Hall–Kier alpha value is -1.71. The molecule has 19 heavy (non-hydrogen) atoms. The van der Waals surface area contributed by atoms with E-state index in [1.54, 1.807) is 17.3 Å². The van der Waals surface area contributed by atoms with Crippen LogP contribution in [0, 0.1) is 5.41 Å². The Morgan fingerprint density at radius 3 is 2.89 bits per heavy atom. The van der Waals surface area contributed by atoms with Gasteiger partial charge in [-0.1, -0.05) is 19.9 Å². The molecule has 1 fully saturated rings. The number of nitrogens with zero attached hydrogens (tertiary/aromatic N) is 2. The van der Waals surface area contributed by atoms with Crippen molar-refractivity contribution in [3.63, 3.8) is 0 Å². The summed E-state index contributed by atoms with van der Waals surface area (Å²) in [6, 6.07) is 3.83. The van der Waals surface area contributed by atoms with E-state index >= 15 is 0 Å². The molecule has 0 saturated carbocycles. The number of Topliss-reactive ketones (excluding diaryl/α,β-unsaturated/α-hetero) is 1. The van der Waals surface area contributed by atoms with Gasteiger partial charge in [-0.2, -0.15) is 0 Å². The standard InChI is InChI=1S/C15H20N2O2/c1-15(2)7-9-17(11-13(15)18)14(19)6-5-12-4-3-8-16-10-12/h3-4,8,10H,5-7,9,11H2,1-2H3. The van der Waals surface area contributed by atoms with Crippen molar-refractivity contribution in [2.24, 2.45) is 5.41 Å². The average Bonchev–Trinajstić information content (AvgIpc) is 2.40. The molecule has 1 aromatic rings. The van der Waals surface area contributed by atoms with Gasteiger partial charge in [0.15, 0.2) is 5.78 Å². The summed E-state index contributed by atoms with van der Waals surface area (Å²) in [6.07, 6.45) is 5.37.